The number of hydrogen-bond donors (Lipinski definition) is 0. The number of benzene rings is 3. The van der Waals surface area contributed by atoms with Crippen LogP contribution >= 0.6 is 15.9 Å². The van der Waals surface area contributed by atoms with E-state index in [1.165, 1.54) is 5.56 Å². The number of aryl methyl sites for hydroxylation is 1. The van der Waals surface area contributed by atoms with Gasteiger partial charge in [-0.25, -0.2) is 0 Å². The summed E-state index contributed by atoms with van der Waals surface area (Å²) in [6, 6.07) is 17.3. The molecule has 0 unspecified atom stereocenters. The normalized spacial score (nSPS) is 15.7. The lowest BCUT2D eigenvalue weighted by atomic mass is 10.1. The van der Waals surface area contributed by atoms with Crippen molar-refractivity contribution < 1.29 is 23.7 Å². The third-order valence-corrected chi connectivity index (χ3v) is 5.93. The first kappa shape index (κ1) is 20.8. The van der Waals surface area contributed by atoms with Gasteiger partial charge in [0.05, 0.1) is 12.2 Å². The van der Waals surface area contributed by atoms with Crippen LogP contribution in [0, 0.1) is 0 Å². The Morgan fingerprint density at radius 1 is 1.09 bits per heavy atom. The minimum absolute atomic E-state index is 0.124. The molecule has 2 aliphatic heterocycles. The second-order valence-electron chi connectivity index (χ2n) is 7.65. The minimum Gasteiger partial charge on any atom is -0.489 e. The first-order chi connectivity index (χ1) is 15.6. The summed E-state index contributed by atoms with van der Waals surface area (Å²) >= 11 is 3.53. The van der Waals surface area contributed by atoms with Crippen molar-refractivity contribution in [3.63, 3.8) is 0 Å². The number of halogens is 1. The van der Waals surface area contributed by atoms with Gasteiger partial charge in [-0.2, -0.15) is 0 Å². The molecule has 0 aromatic heterocycles. The molecule has 162 valence electrons. The monoisotopic (exact) mass is 492 g/mol. The summed E-state index contributed by atoms with van der Waals surface area (Å²) in [7, 11) is 0. The van der Waals surface area contributed by atoms with Crippen molar-refractivity contribution in [2.75, 3.05) is 6.79 Å². The number of allylic oxidation sites excluding steroid dienone is 1. The number of fused-ring (bicyclic) bond motifs is 2. The van der Waals surface area contributed by atoms with Crippen molar-refractivity contribution >= 4 is 27.8 Å². The molecule has 0 aliphatic carbocycles. The van der Waals surface area contributed by atoms with Gasteiger partial charge in [-0.05, 0) is 47.9 Å². The first-order valence-corrected chi connectivity index (χ1v) is 11.2. The number of hydrogen-bond acceptors (Lipinski definition) is 5. The van der Waals surface area contributed by atoms with Crippen LogP contribution in [0.4, 0.5) is 0 Å². The molecule has 0 spiro atoms. The highest BCUT2D eigenvalue weighted by Crippen LogP contribution is 2.36. The van der Waals surface area contributed by atoms with Crippen LogP contribution in [0.1, 0.15) is 39.5 Å². The largest absolute Gasteiger partial charge is 0.489 e. The number of carbonyl (C=O) groups excluding carboxylic acids is 1. The molecule has 2 aliphatic rings. The molecule has 32 heavy (non-hydrogen) atoms. The number of ketones is 1. The molecular weight excluding hydrogens is 472 g/mol. The molecule has 5 rings (SSSR count). The molecule has 6 heteroatoms. The van der Waals surface area contributed by atoms with Crippen LogP contribution in [0.15, 0.2) is 64.8 Å². The van der Waals surface area contributed by atoms with E-state index in [4.69, 9.17) is 18.9 Å². The van der Waals surface area contributed by atoms with Gasteiger partial charge in [0.15, 0.2) is 12.6 Å². The van der Waals surface area contributed by atoms with E-state index in [1.807, 2.05) is 24.3 Å². The Hall–Kier alpha value is -3.09. The van der Waals surface area contributed by atoms with E-state index in [0.717, 1.165) is 33.3 Å². The summed E-state index contributed by atoms with van der Waals surface area (Å²) < 4.78 is 23.8. The summed E-state index contributed by atoms with van der Waals surface area (Å²) in [5.41, 5.74) is 4.62. The molecular formula is C26H21BrO5. The maximum absolute atomic E-state index is 12.7. The van der Waals surface area contributed by atoms with Crippen molar-refractivity contribution in [2.45, 2.75) is 26.6 Å². The van der Waals surface area contributed by atoms with Crippen molar-refractivity contribution in [1.82, 2.24) is 0 Å². The highest BCUT2D eigenvalue weighted by atomic mass is 79.9. The summed E-state index contributed by atoms with van der Waals surface area (Å²) in [4.78, 5) is 12.7. The Labute approximate surface area is 194 Å². The Bertz CT molecular complexity index is 1210. The standard InChI is InChI=1S/C26H21BrO5/c1-2-16-3-5-17(6-4-16)9-24-25(28)22-8-7-21(12-23(22)32-24)30-14-19-11-20(27)10-18-13-29-15-31-26(18)19/h3-12H,2,13-15H2,1H3/b24-9-. The van der Waals surface area contributed by atoms with Gasteiger partial charge in [0.2, 0.25) is 5.78 Å². The highest BCUT2D eigenvalue weighted by molar-refractivity contribution is 9.10. The lowest BCUT2D eigenvalue weighted by Gasteiger charge is -2.21. The number of Topliss-reactive ketones (excluding diaryl/α,β-unsaturated/α-hetero) is 1. The van der Waals surface area contributed by atoms with Crippen LogP contribution in [0.25, 0.3) is 6.08 Å². The van der Waals surface area contributed by atoms with E-state index >= 15 is 0 Å². The fourth-order valence-electron chi connectivity index (χ4n) is 3.78. The molecule has 0 saturated heterocycles. The van der Waals surface area contributed by atoms with Gasteiger partial charge < -0.3 is 18.9 Å². The Kier molecular flexibility index (Phi) is 5.72. The fraction of sp³-hybridized carbons (Fsp3) is 0.192. The zero-order chi connectivity index (χ0) is 22.1. The van der Waals surface area contributed by atoms with Gasteiger partial charge in [0, 0.05) is 21.7 Å². The van der Waals surface area contributed by atoms with Gasteiger partial charge in [-0.15, -0.1) is 0 Å². The van der Waals surface area contributed by atoms with Gasteiger partial charge in [-0.3, -0.25) is 4.79 Å². The average Bonchev–Trinajstić information content (AvgIpc) is 3.12. The summed E-state index contributed by atoms with van der Waals surface area (Å²) in [5, 5.41) is 0. The topological polar surface area (TPSA) is 54.0 Å². The SMILES string of the molecule is CCc1ccc(/C=C2\Oc3cc(OCc4cc(Br)cc5c4OCOC5)ccc3C2=O)cc1. The highest BCUT2D eigenvalue weighted by Gasteiger charge is 2.28. The summed E-state index contributed by atoms with van der Waals surface area (Å²) in [5.74, 6) is 2.11. The van der Waals surface area contributed by atoms with Gasteiger partial charge in [0.1, 0.15) is 23.9 Å². The molecule has 0 radical (unpaired) electrons. The third kappa shape index (κ3) is 4.16. The van der Waals surface area contributed by atoms with Crippen LogP contribution in [0.5, 0.6) is 17.2 Å². The van der Waals surface area contributed by atoms with Crippen LogP contribution in [-0.2, 0) is 24.4 Å². The molecule has 3 aromatic carbocycles. The van der Waals surface area contributed by atoms with E-state index in [9.17, 15) is 4.79 Å². The van der Waals surface area contributed by atoms with Gasteiger partial charge in [-0.1, -0.05) is 47.1 Å². The second-order valence-corrected chi connectivity index (χ2v) is 8.56. The Morgan fingerprint density at radius 3 is 2.75 bits per heavy atom. The molecule has 0 fully saturated rings. The van der Waals surface area contributed by atoms with Crippen molar-refractivity contribution in [3.8, 4) is 17.2 Å². The van der Waals surface area contributed by atoms with Crippen molar-refractivity contribution in [3.05, 3.63) is 92.6 Å². The van der Waals surface area contributed by atoms with Crippen molar-refractivity contribution in [1.29, 1.82) is 0 Å². The predicted molar refractivity (Wildman–Crippen MR) is 124 cm³/mol. The minimum atomic E-state index is -0.124. The predicted octanol–water partition coefficient (Wildman–Crippen LogP) is 6.07. The zero-order valence-corrected chi connectivity index (χ0v) is 19.1. The van der Waals surface area contributed by atoms with E-state index < -0.39 is 0 Å². The van der Waals surface area contributed by atoms with Crippen LogP contribution in [0.3, 0.4) is 0 Å². The third-order valence-electron chi connectivity index (χ3n) is 5.47. The molecule has 0 amide bonds. The summed E-state index contributed by atoms with van der Waals surface area (Å²) in [6.45, 7) is 3.17. The lowest BCUT2D eigenvalue weighted by Crippen LogP contribution is -2.14. The lowest BCUT2D eigenvalue weighted by molar-refractivity contribution is -0.0176. The molecule has 0 saturated carbocycles. The van der Waals surface area contributed by atoms with Crippen LogP contribution in [-0.4, -0.2) is 12.6 Å². The molecule has 5 nitrogen and oxygen atoms in total. The average molecular weight is 493 g/mol. The second kappa shape index (κ2) is 8.81. The van der Waals surface area contributed by atoms with E-state index in [0.29, 0.717) is 36.0 Å². The summed E-state index contributed by atoms with van der Waals surface area (Å²) in [6.07, 6.45) is 2.75. The maximum Gasteiger partial charge on any atom is 0.231 e. The van der Waals surface area contributed by atoms with E-state index in [-0.39, 0.29) is 12.6 Å². The fourth-order valence-corrected chi connectivity index (χ4v) is 4.34. The quantitative estimate of drug-likeness (QED) is 0.404. The zero-order valence-electron chi connectivity index (χ0n) is 17.5. The number of rotatable bonds is 5. The van der Waals surface area contributed by atoms with Crippen LogP contribution < -0.4 is 14.2 Å². The molecule has 2 heterocycles. The number of carbonyl (C=O) groups is 1. The van der Waals surface area contributed by atoms with E-state index in [2.05, 4.69) is 35.0 Å². The Balaban J connectivity index is 1.33. The van der Waals surface area contributed by atoms with E-state index in [1.54, 1.807) is 24.3 Å². The van der Waals surface area contributed by atoms with Crippen LogP contribution in [0.2, 0.25) is 0 Å². The Morgan fingerprint density at radius 2 is 1.94 bits per heavy atom. The van der Waals surface area contributed by atoms with Gasteiger partial charge >= 0.3 is 0 Å². The molecule has 3 aromatic rings. The van der Waals surface area contributed by atoms with Crippen molar-refractivity contribution in [2.24, 2.45) is 0 Å². The smallest absolute Gasteiger partial charge is 0.231 e. The van der Waals surface area contributed by atoms with Gasteiger partial charge in [0.25, 0.3) is 0 Å². The molecule has 0 atom stereocenters. The molecule has 0 N–H and O–H groups in total. The maximum atomic E-state index is 12.7. The first-order valence-electron chi connectivity index (χ1n) is 10.4. The molecule has 0 bridgehead atoms. The number of ether oxygens (including phenoxy) is 4.